The predicted octanol–water partition coefficient (Wildman–Crippen LogP) is 0.769. The van der Waals surface area contributed by atoms with Crippen molar-refractivity contribution < 1.29 is 9.53 Å². The second kappa shape index (κ2) is 1.84. The lowest BCUT2D eigenvalue weighted by atomic mass is 10.1. The molecule has 0 unspecified atom stereocenters. The van der Waals surface area contributed by atoms with Gasteiger partial charge in [0.2, 0.25) is 0 Å². The van der Waals surface area contributed by atoms with E-state index in [0.717, 1.165) is 11.1 Å². The van der Waals surface area contributed by atoms with E-state index < -0.39 is 0 Å². The third-order valence-electron chi connectivity index (χ3n) is 1.48. The van der Waals surface area contributed by atoms with E-state index in [1.54, 1.807) is 18.4 Å². The zero-order valence-electron chi connectivity index (χ0n) is 5.26. The lowest BCUT2D eigenvalue weighted by molar-refractivity contribution is -0.110. The zero-order chi connectivity index (χ0) is 6.97. The van der Waals surface area contributed by atoms with E-state index in [0.29, 0.717) is 6.61 Å². The van der Waals surface area contributed by atoms with Gasteiger partial charge in [-0.3, -0.25) is 4.79 Å². The van der Waals surface area contributed by atoms with Gasteiger partial charge >= 0.3 is 0 Å². The average molecular weight is 133 g/mol. The van der Waals surface area contributed by atoms with Gasteiger partial charge in [-0.25, -0.2) is 0 Å². The average Bonchev–Trinajstić information content (AvgIpc) is 2.27. The fourth-order valence-electron chi connectivity index (χ4n) is 1.01. The number of ketones is 1. The molecule has 1 radical (unpaired) electrons. The molecule has 0 saturated heterocycles. The van der Waals surface area contributed by atoms with Crippen molar-refractivity contribution in [1.82, 2.24) is 0 Å². The molecule has 1 aliphatic heterocycles. The van der Waals surface area contributed by atoms with Crippen molar-refractivity contribution >= 4 is 5.78 Å². The van der Waals surface area contributed by atoms with E-state index >= 15 is 0 Å². The Morgan fingerprint density at radius 1 is 1.60 bits per heavy atom. The van der Waals surface area contributed by atoms with Crippen molar-refractivity contribution in [2.75, 3.05) is 6.61 Å². The molecule has 0 spiro atoms. The number of carbonyl (C=O) groups is 1. The second-order valence-electron chi connectivity index (χ2n) is 2.19. The first-order chi connectivity index (χ1) is 4.86. The van der Waals surface area contributed by atoms with Crippen LogP contribution in [-0.2, 0) is 9.53 Å². The molecule has 0 saturated carbocycles. The Labute approximate surface area is 58.5 Å². The Hall–Kier alpha value is -1.31. The fraction of sp³-hybridized carbons (Fsp3) is 0.125. The quantitative estimate of drug-likeness (QED) is 0.488. The Morgan fingerprint density at radius 2 is 2.50 bits per heavy atom. The molecule has 0 fully saturated rings. The van der Waals surface area contributed by atoms with Gasteiger partial charge < -0.3 is 4.74 Å². The second-order valence-corrected chi connectivity index (χ2v) is 2.19. The molecule has 1 heterocycles. The highest BCUT2D eigenvalue weighted by Crippen LogP contribution is 2.21. The van der Waals surface area contributed by atoms with Crippen LogP contribution in [0.5, 0.6) is 0 Å². The Morgan fingerprint density at radius 3 is 3.30 bits per heavy atom. The van der Waals surface area contributed by atoms with Gasteiger partial charge in [0.15, 0.2) is 5.78 Å². The van der Waals surface area contributed by atoms with Crippen LogP contribution in [-0.4, -0.2) is 12.4 Å². The minimum atomic E-state index is -0.0554. The van der Waals surface area contributed by atoms with Crippen LogP contribution < -0.4 is 0 Å². The molecule has 0 amide bonds. The molecule has 2 heteroatoms. The minimum Gasteiger partial charge on any atom is -0.496 e. The van der Waals surface area contributed by atoms with Gasteiger partial charge in [-0.15, -0.1) is 0 Å². The summed E-state index contributed by atoms with van der Waals surface area (Å²) in [5.41, 5.74) is 1.81. The van der Waals surface area contributed by atoms with Crippen molar-refractivity contribution in [3.8, 4) is 0 Å². The Balaban J connectivity index is 2.46. The fourth-order valence-corrected chi connectivity index (χ4v) is 1.01. The summed E-state index contributed by atoms with van der Waals surface area (Å²) in [5, 5.41) is 0. The smallest absolute Gasteiger partial charge is 0.187 e. The highest BCUT2D eigenvalue weighted by molar-refractivity contribution is 6.01. The maximum atomic E-state index is 10.7. The standard InChI is InChI=1S/C8H5O2/c9-8-3-6-1-2-10-5-7(6)4-8/h1-2,4H,5H2. The summed E-state index contributed by atoms with van der Waals surface area (Å²) in [6.45, 7) is 0.505. The van der Waals surface area contributed by atoms with E-state index in [1.165, 1.54) is 0 Å². The van der Waals surface area contributed by atoms with Gasteiger partial charge in [0.1, 0.15) is 6.61 Å². The van der Waals surface area contributed by atoms with Gasteiger partial charge in [0, 0.05) is 11.6 Å². The molecule has 2 rings (SSSR count). The first kappa shape index (κ1) is 5.47. The monoisotopic (exact) mass is 133 g/mol. The van der Waals surface area contributed by atoms with Crippen molar-refractivity contribution in [3.63, 3.8) is 0 Å². The molecule has 0 bridgehead atoms. The first-order valence-corrected chi connectivity index (χ1v) is 3.03. The highest BCUT2D eigenvalue weighted by Gasteiger charge is 2.15. The minimum absolute atomic E-state index is 0.0554. The van der Waals surface area contributed by atoms with Crippen LogP contribution in [0.3, 0.4) is 0 Å². The predicted molar refractivity (Wildman–Crippen MR) is 34.9 cm³/mol. The van der Waals surface area contributed by atoms with Gasteiger partial charge in [-0.05, 0) is 17.7 Å². The topological polar surface area (TPSA) is 26.3 Å². The third-order valence-corrected chi connectivity index (χ3v) is 1.48. The van der Waals surface area contributed by atoms with E-state index in [9.17, 15) is 4.79 Å². The summed E-state index contributed by atoms with van der Waals surface area (Å²) < 4.78 is 4.97. The van der Waals surface area contributed by atoms with Crippen LogP contribution in [0.15, 0.2) is 29.6 Å². The molecule has 49 valence electrons. The maximum Gasteiger partial charge on any atom is 0.187 e. The number of ether oxygens (including phenoxy) is 1. The Kier molecular flexibility index (Phi) is 1.01. The van der Waals surface area contributed by atoms with Crippen LogP contribution in [0, 0.1) is 6.08 Å². The number of rotatable bonds is 0. The molecule has 0 aromatic heterocycles. The lowest BCUT2D eigenvalue weighted by Gasteiger charge is -2.08. The molecule has 0 aromatic rings. The number of hydrogen-bond acceptors (Lipinski definition) is 2. The maximum absolute atomic E-state index is 10.7. The first-order valence-electron chi connectivity index (χ1n) is 3.03. The molecule has 10 heavy (non-hydrogen) atoms. The molecule has 0 N–H and O–H groups in total. The highest BCUT2D eigenvalue weighted by atomic mass is 16.5. The van der Waals surface area contributed by atoms with E-state index in [1.807, 2.05) is 0 Å². The third kappa shape index (κ3) is 0.692. The number of allylic oxidation sites excluding steroid dienone is 3. The molecule has 2 aliphatic rings. The summed E-state index contributed by atoms with van der Waals surface area (Å²) in [5.74, 6) is -0.0554. The van der Waals surface area contributed by atoms with Gasteiger partial charge in [0.05, 0.1) is 6.26 Å². The summed E-state index contributed by atoms with van der Waals surface area (Å²) in [6.07, 6.45) is 7.56. The zero-order valence-corrected chi connectivity index (χ0v) is 5.26. The molecule has 0 aromatic carbocycles. The molecular weight excluding hydrogens is 128 g/mol. The van der Waals surface area contributed by atoms with Crippen molar-refractivity contribution in [1.29, 1.82) is 0 Å². The summed E-state index contributed by atoms with van der Waals surface area (Å²) in [7, 11) is 0. The molecule has 2 nitrogen and oxygen atoms in total. The van der Waals surface area contributed by atoms with Crippen LogP contribution in [0.2, 0.25) is 0 Å². The van der Waals surface area contributed by atoms with Crippen LogP contribution >= 0.6 is 0 Å². The van der Waals surface area contributed by atoms with E-state index in [-0.39, 0.29) is 5.78 Å². The van der Waals surface area contributed by atoms with Crippen molar-refractivity contribution in [3.05, 3.63) is 35.6 Å². The summed E-state index contributed by atoms with van der Waals surface area (Å²) >= 11 is 0. The molecule has 1 aliphatic carbocycles. The van der Waals surface area contributed by atoms with Crippen molar-refractivity contribution in [2.24, 2.45) is 0 Å². The van der Waals surface area contributed by atoms with E-state index in [2.05, 4.69) is 6.08 Å². The van der Waals surface area contributed by atoms with Gasteiger partial charge in [-0.1, -0.05) is 0 Å². The normalized spacial score (nSPS) is 21.4. The van der Waals surface area contributed by atoms with Crippen LogP contribution in [0.1, 0.15) is 0 Å². The van der Waals surface area contributed by atoms with Gasteiger partial charge in [0.25, 0.3) is 0 Å². The van der Waals surface area contributed by atoms with Gasteiger partial charge in [-0.2, -0.15) is 0 Å². The van der Waals surface area contributed by atoms with Crippen LogP contribution in [0.4, 0.5) is 0 Å². The Bertz CT molecular complexity index is 269. The number of hydrogen-bond donors (Lipinski definition) is 0. The largest absolute Gasteiger partial charge is 0.496 e. The number of carbonyl (C=O) groups excluding carboxylic acids is 1. The summed E-state index contributed by atoms with van der Waals surface area (Å²) in [4.78, 5) is 10.7. The molecule has 0 atom stereocenters. The lowest BCUT2D eigenvalue weighted by Crippen LogP contribution is -1.98. The number of fused-ring (bicyclic) bond motifs is 1. The SMILES string of the molecule is O=C1[C]=C2C=COCC2=C1. The molecular formula is C8H5O2. The van der Waals surface area contributed by atoms with E-state index in [4.69, 9.17) is 4.74 Å². The van der Waals surface area contributed by atoms with Crippen LogP contribution in [0.25, 0.3) is 0 Å². The summed E-state index contributed by atoms with van der Waals surface area (Å²) in [6, 6.07) is 0. The van der Waals surface area contributed by atoms with Crippen molar-refractivity contribution in [2.45, 2.75) is 0 Å².